The van der Waals surface area contributed by atoms with E-state index in [0.717, 1.165) is 71.2 Å². The van der Waals surface area contributed by atoms with Gasteiger partial charge in [0, 0.05) is 142 Å². The number of carbonyl (C=O) groups is 7. The summed E-state index contributed by atoms with van der Waals surface area (Å²) in [4.78, 5) is 121. The molecule has 6 heterocycles. The zero-order valence-corrected chi connectivity index (χ0v) is 50.5. The summed E-state index contributed by atoms with van der Waals surface area (Å²) >= 11 is 0. The molecule has 7 amide bonds. The first-order valence-electron chi connectivity index (χ1n) is 30.9. The van der Waals surface area contributed by atoms with Crippen LogP contribution < -0.4 is 37.2 Å². The SMILES string of the molecule is NC(=O)C(Cc1c[nH]c2ccccc12)NC(=O)C(Cc1c[nH]c2ccccc12)NC(=O)C(Cc1c[nH]c2ccccc12)NC(=O)C(Cc1c[nH]c2ccccc12)NC(=O)C(Cc1c[nH]c2ccccc12)NC(=O)CCC(=O)N1Cc2ccccc2C#Cc2ccccc21. The Morgan fingerprint density at radius 1 is 0.376 bits per heavy atom. The zero-order chi connectivity index (χ0) is 64.0. The maximum Gasteiger partial charge on any atom is 0.243 e. The third-order valence-corrected chi connectivity index (χ3v) is 17.4. The van der Waals surface area contributed by atoms with Crippen LogP contribution in [0.25, 0.3) is 54.5 Å². The lowest BCUT2D eigenvalue weighted by atomic mass is 9.99. The first kappa shape index (κ1) is 60.0. The van der Waals surface area contributed by atoms with E-state index in [4.69, 9.17) is 5.73 Å². The fraction of sp³-hybridized carbons (Fsp3) is 0.176. The van der Waals surface area contributed by atoms with E-state index in [9.17, 15) is 19.2 Å². The number of primary amides is 1. The maximum absolute atomic E-state index is 15.6. The van der Waals surface area contributed by atoms with Crippen LogP contribution in [0.1, 0.15) is 57.3 Å². The third kappa shape index (κ3) is 13.2. The smallest absolute Gasteiger partial charge is 0.243 e. The number of nitrogens with two attached hydrogens (primary N) is 1. The largest absolute Gasteiger partial charge is 0.368 e. The van der Waals surface area contributed by atoms with Gasteiger partial charge in [0.15, 0.2) is 0 Å². The van der Waals surface area contributed by atoms with Crippen LogP contribution in [0.5, 0.6) is 0 Å². The van der Waals surface area contributed by atoms with E-state index < -0.39 is 65.7 Å². The molecule has 0 saturated carbocycles. The molecule has 12 aromatic rings. The lowest BCUT2D eigenvalue weighted by molar-refractivity contribution is -0.135. The number of aromatic nitrogens is 5. The Kier molecular flexibility index (Phi) is 17.2. The van der Waals surface area contributed by atoms with Crippen molar-refractivity contribution in [3.05, 3.63) is 245 Å². The predicted octanol–water partition coefficient (Wildman–Crippen LogP) is 8.24. The van der Waals surface area contributed by atoms with Crippen molar-refractivity contribution >= 4 is 102 Å². The van der Waals surface area contributed by atoms with E-state index in [1.807, 2.05) is 170 Å². The highest BCUT2D eigenvalue weighted by Gasteiger charge is 2.35. The number of aromatic amines is 5. The number of anilines is 1. The van der Waals surface area contributed by atoms with Crippen molar-refractivity contribution in [1.29, 1.82) is 0 Å². The maximum atomic E-state index is 15.6. The molecule has 1 aliphatic rings. The Morgan fingerprint density at radius 2 is 0.688 bits per heavy atom. The number of amides is 7. The van der Waals surface area contributed by atoms with Gasteiger partial charge in [-0.05, 0) is 81.9 Å². The molecule has 5 atom stereocenters. The van der Waals surface area contributed by atoms with Gasteiger partial charge in [0.05, 0.1) is 12.2 Å². The fourth-order valence-electron chi connectivity index (χ4n) is 12.6. The second-order valence-corrected chi connectivity index (χ2v) is 23.5. The molecule has 0 saturated heterocycles. The van der Waals surface area contributed by atoms with Gasteiger partial charge >= 0.3 is 0 Å². The molecule has 0 aliphatic carbocycles. The zero-order valence-electron chi connectivity index (χ0n) is 50.5. The Morgan fingerprint density at radius 3 is 1.09 bits per heavy atom. The highest BCUT2D eigenvalue weighted by atomic mass is 16.2. The minimum atomic E-state index is -1.39. The van der Waals surface area contributed by atoms with Gasteiger partial charge < -0.3 is 62.1 Å². The van der Waals surface area contributed by atoms with Gasteiger partial charge in [0.25, 0.3) is 0 Å². The molecular formula is C74H66N12O7. The number of fused-ring (bicyclic) bond motifs is 7. The van der Waals surface area contributed by atoms with E-state index in [2.05, 4.69) is 63.3 Å². The van der Waals surface area contributed by atoms with Gasteiger partial charge in [-0.1, -0.05) is 133 Å². The highest BCUT2D eigenvalue weighted by Crippen LogP contribution is 2.29. The highest BCUT2D eigenvalue weighted by molar-refractivity contribution is 6.00. The second kappa shape index (κ2) is 26.7. The van der Waals surface area contributed by atoms with Gasteiger partial charge in [0.1, 0.15) is 30.2 Å². The van der Waals surface area contributed by atoms with Crippen LogP contribution in [0.3, 0.4) is 0 Å². The van der Waals surface area contributed by atoms with E-state index in [0.29, 0.717) is 33.5 Å². The molecule has 12 N–H and O–H groups in total. The Hall–Kier alpha value is -11.9. The Labute approximate surface area is 533 Å². The number of hydrogen-bond acceptors (Lipinski definition) is 7. The van der Waals surface area contributed by atoms with Crippen molar-refractivity contribution in [2.75, 3.05) is 4.90 Å². The molecule has 0 bridgehead atoms. The Bertz CT molecular complexity index is 4900. The van der Waals surface area contributed by atoms with E-state index in [1.165, 1.54) is 0 Å². The van der Waals surface area contributed by atoms with Crippen LogP contribution >= 0.6 is 0 Å². The average molecular weight is 1240 g/mol. The van der Waals surface area contributed by atoms with Gasteiger partial charge in [-0.2, -0.15) is 0 Å². The number of H-pyrrole nitrogens is 5. The van der Waals surface area contributed by atoms with Crippen LogP contribution in [-0.4, -0.2) is 96.5 Å². The number of nitrogens with zero attached hydrogens (tertiary/aromatic N) is 1. The first-order valence-corrected chi connectivity index (χ1v) is 30.9. The van der Waals surface area contributed by atoms with Crippen LogP contribution in [-0.2, 0) is 72.2 Å². The van der Waals surface area contributed by atoms with Crippen molar-refractivity contribution in [3.63, 3.8) is 0 Å². The summed E-state index contributed by atoms with van der Waals surface area (Å²) in [7, 11) is 0. The van der Waals surface area contributed by atoms with Crippen molar-refractivity contribution in [2.24, 2.45) is 5.73 Å². The summed E-state index contributed by atoms with van der Waals surface area (Å²) in [5.41, 5.74) is 16.4. The van der Waals surface area contributed by atoms with Crippen molar-refractivity contribution in [2.45, 2.75) is 81.7 Å². The summed E-state index contributed by atoms with van der Waals surface area (Å²) in [6.45, 7) is 0.226. The normalized spacial score (nSPS) is 13.5. The minimum Gasteiger partial charge on any atom is -0.368 e. The van der Waals surface area contributed by atoms with Gasteiger partial charge in [-0.25, -0.2) is 0 Å². The molecule has 13 rings (SSSR count). The van der Waals surface area contributed by atoms with E-state index in [1.54, 1.807) is 35.9 Å². The molecular weight excluding hydrogens is 1170 g/mol. The molecule has 1 aliphatic heterocycles. The number of hydrogen-bond donors (Lipinski definition) is 11. The molecule has 7 aromatic carbocycles. The van der Waals surface area contributed by atoms with E-state index in [-0.39, 0.29) is 57.4 Å². The summed E-state index contributed by atoms with van der Waals surface area (Å²) in [5.74, 6) is 1.85. The standard InChI is InChI=1S/C74H66N12O7/c75-70(89)62(33-47-38-76-57-23-9-4-18-52(47)57)82-72(91)64(35-49-40-78-59-25-11-6-20-54(49)59)84-74(93)66(37-51-42-80-61-27-13-8-22-56(51)61)85-73(92)65(36-50-41-79-60-26-12-7-21-55(50)60)83-71(90)63(34-48-39-77-58-24-10-5-19-53(48)58)81-68(87)31-32-69(88)86-43-46-17-2-1-15-44(46)29-30-45-16-3-14-28-67(45)86/h1-28,38-42,62-66,76-80H,31-37,43H2,(H2,75,89)(H,81,87)(H,82,91)(H,83,90)(H,84,93)(H,85,92). The number of nitrogens with one attached hydrogen (secondary N) is 10. The van der Waals surface area contributed by atoms with Crippen molar-refractivity contribution in [1.82, 2.24) is 51.5 Å². The monoisotopic (exact) mass is 1230 g/mol. The quantitative estimate of drug-likeness (QED) is 0.0279. The summed E-state index contributed by atoms with van der Waals surface area (Å²) in [6.07, 6.45) is 8.17. The molecule has 93 heavy (non-hydrogen) atoms. The lowest BCUT2D eigenvalue weighted by Gasteiger charge is -2.27. The number of rotatable bonds is 23. The molecule has 5 aromatic heterocycles. The van der Waals surface area contributed by atoms with Gasteiger partial charge in [-0.3, -0.25) is 33.6 Å². The predicted molar refractivity (Wildman–Crippen MR) is 358 cm³/mol. The van der Waals surface area contributed by atoms with Gasteiger partial charge in [-0.15, -0.1) is 0 Å². The van der Waals surface area contributed by atoms with Crippen molar-refractivity contribution in [3.8, 4) is 11.8 Å². The summed E-state index contributed by atoms with van der Waals surface area (Å²) < 4.78 is 0. The van der Waals surface area contributed by atoms with Crippen LogP contribution in [0, 0.1) is 11.8 Å². The fourth-order valence-corrected chi connectivity index (χ4v) is 12.6. The average Bonchev–Trinajstić information content (AvgIpc) is 2.79. The Balaban J connectivity index is 0.804. The van der Waals surface area contributed by atoms with Crippen LogP contribution in [0.4, 0.5) is 5.69 Å². The first-order chi connectivity index (χ1) is 45.4. The van der Waals surface area contributed by atoms with Gasteiger partial charge in [0.2, 0.25) is 41.4 Å². The summed E-state index contributed by atoms with van der Waals surface area (Å²) in [6, 6.07) is 46.1. The lowest BCUT2D eigenvalue weighted by Crippen LogP contribution is -2.60. The molecule has 0 fully saturated rings. The van der Waals surface area contributed by atoms with Crippen LogP contribution in [0.15, 0.2) is 201 Å². The molecule has 19 nitrogen and oxygen atoms in total. The molecule has 0 spiro atoms. The van der Waals surface area contributed by atoms with Crippen LogP contribution in [0.2, 0.25) is 0 Å². The van der Waals surface area contributed by atoms with Crippen molar-refractivity contribution < 1.29 is 33.6 Å². The topological polar surface area (TPSA) is 288 Å². The molecule has 19 heteroatoms. The summed E-state index contributed by atoms with van der Waals surface area (Å²) in [5, 5.41) is 18.8. The number of carbonyl (C=O) groups excluding carboxylic acids is 7. The molecule has 0 radical (unpaired) electrons. The number of para-hydroxylation sites is 6. The molecule has 5 unspecified atom stereocenters. The molecule has 464 valence electrons. The van der Waals surface area contributed by atoms with E-state index >= 15 is 14.4 Å². The third-order valence-electron chi connectivity index (χ3n) is 17.4. The second-order valence-electron chi connectivity index (χ2n) is 23.5. The number of benzene rings is 7. The minimum absolute atomic E-state index is 0.0181.